The predicted octanol–water partition coefficient (Wildman–Crippen LogP) is 4.90. The van der Waals surface area contributed by atoms with Crippen LogP contribution >= 0.6 is 0 Å². The number of amides is 2. The van der Waals surface area contributed by atoms with Gasteiger partial charge < -0.3 is 25.0 Å². The van der Waals surface area contributed by atoms with Gasteiger partial charge in [0.15, 0.2) is 5.75 Å². The lowest BCUT2D eigenvalue weighted by Gasteiger charge is -2.12. The minimum atomic E-state index is -4.86. The van der Waals surface area contributed by atoms with Gasteiger partial charge in [-0.3, -0.25) is 9.59 Å². The molecule has 2 N–H and O–H groups in total. The van der Waals surface area contributed by atoms with Crippen LogP contribution in [0.25, 0.3) is 11.1 Å². The Morgan fingerprint density at radius 2 is 1.77 bits per heavy atom. The summed E-state index contributed by atoms with van der Waals surface area (Å²) in [5.74, 6) is -0.825. The first-order chi connectivity index (χ1) is 16.6. The van der Waals surface area contributed by atoms with E-state index in [2.05, 4.69) is 15.4 Å². The molecule has 0 bridgehead atoms. The second-order valence-electron chi connectivity index (χ2n) is 8.11. The van der Waals surface area contributed by atoms with Crippen LogP contribution in [-0.4, -0.2) is 50.3 Å². The molecule has 0 spiro atoms. The Labute approximate surface area is 199 Å². The maximum Gasteiger partial charge on any atom is 0.573 e. The van der Waals surface area contributed by atoms with Gasteiger partial charge in [-0.25, -0.2) is 0 Å². The number of hydrogen-bond acceptors (Lipinski definition) is 5. The zero-order valence-electron chi connectivity index (χ0n) is 18.9. The van der Waals surface area contributed by atoms with Gasteiger partial charge in [0, 0.05) is 24.7 Å². The second-order valence-corrected chi connectivity index (χ2v) is 8.11. The minimum Gasteiger partial charge on any atom is -0.454 e. The predicted molar refractivity (Wildman–Crippen MR) is 124 cm³/mol. The molecule has 35 heavy (non-hydrogen) atoms. The molecule has 7 nitrogen and oxygen atoms in total. The van der Waals surface area contributed by atoms with Crippen molar-refractivity contribution in [2.75, 3.05) is 32.5 Å². The van der Waals surface area contributed by atoms with Gasteiger partial charge in [0.1, 0.15) is 11.5 Å². The van der Waals surface area contributed by atoms with E-state index in [1.54, 1.807) is 36.4 Å². The minimum absolute atomic E-state index is 0.0471. The summed E-state index contributed by atoms with van der Waals surface area (Å²) in [6, 6.07) is 15.4. The van der Waals surface area contributed by atoms with Gasteiger partial charge in [-0.05, 0) is 61.6 Å². The van der Waals surface area contributed by atoms with Crippen LogP contribution in [0.2, 0.25) is 0 Å². The third-order valence-electron chi connectivity index (χ3n) is 5.18. The summed E-state index contributed by atoms with van der Waals surface area (Å²) in [6.07, 6.45) is -4.86. The molecular weight excluding hydrogens is 463 g/mol. The number of likely N-dealkylation sites (N-methyl/N-ethyl adjacent to an activating group) is 1. The molecule has 3 aromatic rings. The van der Waals surface area contributed by atoms with E-state index in [0.29, 0.717) is 29.8 Å². The number of nitrogens with zero attached hydrogens (tertiary/aromatic N) is 1. The molecule has 182 valence electrons. The Morgan fingerprint density at radius 1 is 1.03 bits per heavy atom. The van der Waals surface area contributed by atoms with Crippen LogP contribution in [0.3, 0.4) is 0 Å². The Balaban J connectivity index is 1.57. The fourth-order valence-electron chi connectivity index (χ4n) is 3.51. The number of alkyl halides is 3. The van der Waals surface area contributed by atoms with E-state index in [9.17, 15) is 22.8 Å². The second kappa shape index (κ2) is 9.67. The Hall–Kier alpha value is -4.05. The smallest absolute Gasteiger partial charge is 0.454 e. The molecule has 0 radical (unpaired) electrons. The van der Waals surface area contributed by atoms with E-state index in [1.807, 2.05) is 25.1 Å². The third-order valence-corrected chi connectivity index (χ3v) is 5.18. The van der Waals surface area contributed by atoms with Crippen molar-refractivity contribution >= 4 is 17.5 Å². The number of benzene rings is 3. The molecule has 0 unspecified atom stereocenters. The summed E-state index contributed by atoms with van der Waals surface area (Å²) in [5.41, 5.74) is 2.09. The standard InChI is InChI=1S/C25H22F3N3O4/c1-31(2)11-10-29-23(32)17-5-3-4-15(12-17)16-6-8-21-19(13-16)24(33)30-20-14-18(35-25(26,27)28)7-9-22(20)34-21/h3-9,12-14H,10-11H2,1-2H3,(H,29,32)(H,30,33). The maximum absolute atomic E-state index is 12.9. The Bertz CT molecular complexity index is 1280. The molecule has 1 heterocycles. The number of hydrogen-bond donors (Lipinski definition) is 2. The molecular formula is C25H22F3N3O4. The fraction of sp³-hybridized carbons (Fsp3) is 0.200. The zero-order chi connectivity index (χ0) is 25.2. The summed E-state index contributed by atoms with van der Waals surface area (Å²) in [7, 11) is 3.83. The molecule has 3 aromatic carbocycles. The summed E-state index contributed by atoms with van der Waals surface area (Å²) in [4.78, 5) is 27.3. The average Bonchev–Trinajstić information content (AvgIpc) is 2.93. The molecule has 0 aliphatic carbocycles. The van der Waals surface area contributed by atoms with Crippen LogP contribution in [0.1, 0.15) is 20.7 Å². The SMILES string of the molecule is CN(C)CCNC(=O)c1cccc(-c2ccc3c(c2)C(=O)Nc2cc(OC(F)(F)F)ccc2O3)c1. The number of fused-ring (bicyclic) bond motifs is 2. The van der Waals surface area contributed by atoms with Crippen LogP contribution in [0.5, 0.6) is 17.2 Å². The number of rotatable bonds is 6. The van der Waals surface area contributed by atoms with Crippen molar-refractivity contribution < 1.29 is 32.2 Å². The molecule has 10 heteroatoms. The highest BCUT2D eigenvalue weighted by molar-refractivity contribution is 6.08. The van der Waals surface area contributed by atoms with E-state index < -0.39 is 18.0 Å². The largest absolute Gasteiger partial charge is 0.573 e. The van der Waals surface area contributed by atoms with Gasteiger partial charge in [0.2, 0.25) is 0 Å². The highest BCUT2D eigenvalue weighted by atomic mass is 19.4. The van der Waals surface area contributed by atoms with E-state index in [-0.39, 0.29) is 28.7 Å². The van der Waals surface area contributed by atoms with E-state index in [0.717, 1.165) is 12.1 Å². The van der Waals surface area contributed by atoms with Crippen LogP contribution in [-0.2, 0) is 0 Å². The van der Waals surface area contributed by atoms with Gasteiger partial charge in [0.05, 0.1) is 11.3 Å². The fourth-order valence-corrected chi connectivity index (χ4v) is 3.51. The Kier molecular flexibility index (Phi) is 6.65. The van der Waals surface area contributed by atoms with Crippen molar-refractivity contribution in [3.05, 3.63) is 71.8 Å². The first-order valence-electron chi connectivity index (χ1n) is 10.7. The summed E-state index contributed by atoms with van der Waals surface area (Å²) in [5, 5.41) is 5.42. The monoisotopic (exact) mass is 485 g/mol. The highest BCUT2D eigenvalue weighted by Crippen LogP contribution is 2.40. The van der Waals surface area contributed by atoms with Gasteiger partial charge in [-0.2, -0.15) is 0 Å². The van der Waals surface area contributed by atoms with Crippen molar-refractivity contribution in [1.82, 2.24) is 10.2 Å². The molecule has 4 rings (SSSR count). The lowest BCUT2D eigenvalue weighted by molar-refractivity contribution is -0.274. The van der Waals surface area contributed by atoms with Gasteiger partial charge in [-0.1, -0.05) is 18.2 Å². The molecule has 1 aliphatic rings. The van der Waals surface area contributed by atoms with Crippen LogP contribution < -0.4 is 20.1 Å². The highest BCUT2D eigenvalue weighted by Gasteiger charge is 2.32. The van der Waals surface area contributed by atoms with Gasteiger partial charge in [0.25, 0.3) is 11.8 Å². The summed E-state index contributed by atoms with van der Waals surface area (Å²) >= 11 is 0. The van der Waals surface area contributed by atoms with Crippen molar-refractivity contribution in [1.29, 1.82) is 0 Å². The van der Waals surface area contributed by atoms with Crippen LogP contribution in [0.4, 0.5) is 18.9 Å². The van der Waals surface area contributed by atoms with Crippen molar-refractivity contribution in [2.24, 2.45) is 0 Å². The molecule has 0 saturated carbocycles. The normalized spacial score (nSPS) is 12.7. The lowest BCUT2D eigenvalue weighted by atomic mass is 10.00. The molecule has 2 amide bonds. The van der Waals surface area contributed by atoms with Crippen LogP contribution in [0, 0.1) is 0 Å². The number of carbonyl (C=O) groups excluding carboxylic acids is 2. The summed E-state index contributed by atoms with van der Waals surface area (Å²) in [6.45, 7) is 1.21. The van der Waals surface area contributed by atoms with Crippen LogP contribution in [0.15, 0.2) is 60.7 Å². The third kappa shape index (κ3) is 5.90. The number of nitrogens with one attached hydrogen (secondary N) is 2. The quantitative estimate of drug-likeness (QED) is 0.519. The lowest BCUT2D eigenvalue weighted by Crippen LogP contribution is -2.31. The van der Waals surface area contributed by atoms with Gasteiger partial charge >= 0.3 is 6.36 Å². The van der Waals surface area contributed by atoms with Gasteiger partial charge in [-0.15, -0.1) is 13.2 Å². The Morgan fingerprint density at radius 3 is 2.51 bits per heavy atom. The van der Waals surface area contributed by atoms with Crippen molar-refractivity contribution in [3.63, 3.8) is 0 Å². The number of halogens is 3. The molecule has 0 atom stereocenters. The first kappa shape index (κ1) is 24.1. The maximum atomic E-state index is 12.9. The first-order valence-corrected chi connectivity index (χ1v) is 10.7. The molecule has 0 saturated heterocycles. The molecule has 0 aromatic heterocycles. The zero-order valence-corrected chi connectivity index (χ0v) is 18.9. The van der Waals surface area contributed by atoms with E-state index in [4.69, 9.17) is 4.74 Å². The average molecular weight is 485 g/mol. The van der Waals surface area contributed by atoms with E-state index >= 15 is 0 Å². The van der Waals surface area contributed by atoms with Crippen molar-refractivity contribution in [2.45, 2.75) is 6.36 Å². The number of carbonyl (C=O) groups is 2. The number of anilines is 1. The molecule has 0 fully saturated rings. The van der Waals surface area contributed by atoms with Crippen molar-refractivity contribution in [3.8, 4) is 28.4 Å². The summed E-state index contributed by atoms with van der Waals surface area (Å²) < 4.78 is 47.4. The topological polar surface area (TPSA) is 79.9 Å². The van der Waals surface area contributed by atoms with E-state index in [1.165, 1.54) is 6.07 Å². The molecule has 1 aliphatic heterocycles. The number of ether oxygens (including phenoxy) is 2.